The van der Waals surface area contributed by atoms with E-state index in [1.54, 1.807) is 6.07 Å². The summed E-state index contributed by atoms with van der Waals surface area (Å²) in [5.74, 6) is 0.173. The third-order valence-corrected chi connectivity index (χ3v) is 4.42. The van der Waals surface area contributed by atoms with Crippen molar-refractivity contribution >= 4 is 29.0 Å². The molecule has 0 aliphatic rings. The molecule has 0 unspecified atom stereocenters. The second-order valence-corrected chi connectivity index (χ2v) is 7.07. The molecule has 0 saturated carbocycles. The number of benzene rings is 2. The maximum absolute atomic E-state index is 11.9. The van der Waals surface area contributed by atoms with E-state index in [1.807, 2.05) is 37.3 Å². The van der Waals surface area contributed by atoms with Gasteiger partial charge in [0.25, 0.3) is 0 Å². The van der Waals surface area contributed by atoms with Crippen LogP contribution in [-0.2, 0) is 4.74 Å². The van der Waals surface area contributed by atoms with Crippen molar-refractivity contribution in [3.05, 3.63) is 65.2 Å². The summed E-state index contributed by atoms with van der Waals surface area (Å²) in [5, 5.41) is 7.15. The zero-order valence-corrected chi connectivity index (χ0v) is 16.5. The topological polar surface area (TPSA) is 50.4 Å². The van der Waals surface area contributed by atoms with Crippen LogP contribution in [0.4, 0.5) is 5.69 Å². The van der Waals surface area contributed by atoms with Crippen molar-refractivity contribution < 1.29 is 9.53 Å². The van der Waals surface area contributed by atoms with Gasteiger partial charge in [0.05, 0.1) is 18.7 Å². The van der Waals surface area contributed by atoms with Gasteiger partial charge in [0.2, 0.25) is 0 Å². The Balaban J connectivity index is 2.15. The molecule has 0 fully saturated rings. The zero-order valence-electron chi connectivity index (χ0n) is 15.7. The van der Waals surface area contributed by atoms with Crippen molar-refractivity contribution in [2.75, 3.05) is 12.4 Å². The number of esters is 1. The Labute approximate surface area is 161 Å². The summed E-state index contributed by atoms with van der Waals surface area (Å²) in [5.41, 5.74) is 3.33. The number of anilines is 1. The third kappa shape index (κ3) is 5.30. The van der Waals surface area contributed by atoms with Crippen molar-refractivity contribution in [3.63, 3.8) is 0 Å². The molecular weight excluding hydrogens is 344 g/mol. The molecule has 0 amide bonds. The fraction of sp³-hybridized carbons (Fsp3) is 0.333. The van der Waals surface area contributed by atoms with E-state index >= 15 is 0 Å². The molecule has 4 nitrogen and oxygen atoms in total. The van der Waals surface area contributed by atoms with Crippen molar-refractivity contribution in [2.24, 2.45) is 5.92 Å². The number of ether oxygens (including phenoxy) is 1. The first-order valence-corrected chi connectivity index (χ1v) is 9.13. The van der Waals surface area contributed by atoms with Crippen LogP contribution in [0.15, 0.2) is 48.5 Å². The van der Waals surface area contributed by atoms with E-state index in [1.165, 1.54) is 12.7 Å². The minimum absolute atomic E-state index is 0.125. The summed E-state index contributed by atoms with van der Waals surface area (Å²) in [6.07, 6.45) is 0.965. The van der Waals surface area contributed by atoms with Gasteiger partial charge in [-0.05, 0) is 54.7 Å². The molecule has 2 aromatic rings. The van der Waals surface area contributed by atoms with Gasteiger partial charge in [-0.15, -0.1) is 0 Å². The Bertz CT molecular complexity index is 760. The summed E-state index contributed by atoms with van der Waals surface area (Å²) in [6, 6.07) is 15.9. The number of methoxy groups -OCH3 is 1. The molecule has 138 valence electrons. The molecule has 0 aromatic heterocycles. The minimum atomic E-state index is -0.355. The van der Waals surface area contributed by atoms with Gasteiger partial charge in [0, 0.05) is 5.69 Å². The molecule has 26 heavy (non-hydrogen) atoms. The van der Waals surface area contributed by atoms with E-state index in [9.17, 15) is 4.79 Å². The van der Waals surface area contributed by atoms with Gasteiger partial charge >= 0.3 is 5.97 Å². The highest BCUT2D eigenvalue weighted by Gasteiger charge is 2.16. The second-order valence-electron chi connectivity index (χ2n) is 6.66. The van der Waals surface area contributed by atoms with Crippen LogP contribution in [0.25, 0.3) is 0 Å². The predicted octanol–water partition coefficient (Wildman–Crippen LogP) is 4.86. The number of rotatable bonds is 6. The van der Waals surface area contributed by atoms with Crippen LogP contribution in [0.5, 0.6) is 0 Å². The summed E-state index contributed by atoms with van der Waals surface area (Å²) < 4.78 is 4.83. The Morgan fingerprint density at radius 3 is 2.42 bits per heavy atom. The van der Waals surface area contributed by atoms with E-state index in [4.69, 9.17) is 17.0 Å². The summed E-state index contributed by atoms with van der Waals surface area (Å²) >= 11 is 5.52. The molecule has 1 atom stereocenters. The van der Waals surface area contributed by atoms with Gasteiger partial charge in [-0.3, -0.25) is 0 Å². The number of carbonyl (C=O) groups excluding carboxylic acids is 1. The van der Waals surface area contributed by atoms with Crippen LogP contribution >= 0.6 is 12.2 Å². The highest BCUT2D eigenvalue weighted by atomic mass is 32.1. The quantitative estimate of drug-likeness (QED) is 0.562. The lowest BCUT2D eigenvalue weighted by atomic mass is 9.97. The monoisotopic (exact) mass is 370 g/mol. The fourth-order valence-electron chi connectivity index (χ4n) is 2.85. The first kappa shape index (κ1) is 19.9. The van der Waals surface area contributed by atoms with E-state index < -0.39 is 0 Å². The van der Waals surface area contributed by atoms with E-state index in [0.717, 1.165) is 17.7 Å². The van der Waals surface area contributed by atoms with Gasteiger partial charge in [-0.25, -0.2) is 4.79 Å². The Morgan fingerprint density at radius 1 is 1.12 bits per heavy atom. The maximum atomic E-state index is 11.9. The average molecular weight is 371 g/mol. The standard InChI is InChI=1S/C21H26N2O2S/c1-14(2)13-19(16-9-6-5-7-10-16)23-21(26)22-18-12-8-11-17(15(18)3)20(24)25-4/h5-12,14,19H,13H2,1-4H3,(H2,22,23,26)/t19-/m1/s1. The SMILES string of the molecule is COC(=O)c1cccc(NC(=S)N[C@H](CC(C)C)c2ccccc2)c1C. The molecule has 0 spiro atoms. The molecule has 2 aromatic carbocycles. The lowest BCUT2D eigenvalue weighted by molar-refractivity contribution is 0.0600. The number of carbonyl (C=O) groups is 1. The molecule has 5 heteroatoms. The first-order valence-electron chi connectivity index (χ1n) is 8.72. The maximum Gasteiger partial charge on any atom is 0.338 e. The Morgan fingerprint density at radius 2 is 1.81 bits per heavy atom. The van der Waals surface area contributed by atoms with Crippen LogP contribution in [0.1, 0.15) is 47.8 Å². The third-order valence-electron chi connectivity index (χ3n) is 4.20. The van der Waals surface area contributed by atoms with Crippen LogP contribution < -0.4 is 10.6 Å². The van der Waals surface area contributed by atoms with Crippen LogP contribution in [0.3, 0.4) is 0 Å². The predicted molar refractivity (Wildman–Crippen MR) is 111 cm³/mol. The molecule has 0 aliphatic carbocycles. The molecule has 0 aliphatic heterocycles. The normalized spacial score (nSPS) is 11.7. The molecule has 0 bridgehead atoms. The fourth-order valence-corrected chi connectivity index (χ4v) is 3.11. The Kier molecular flexibility index (Phi) is 7.16. The molecule has 2 rings (SSSR count). The summed E-state index contributed by atoms with van der Waals surface area (Å²) in [4.78, 5) is 11.9. The van der Waals surface area contributed by atoms with Crippen LogP contribution in [0.2, 0.25) is 0 Å². The number of hydrogen-bond donors (Lipinski definition) is 2. The molecule has 0 radical (unpaired) electrons. The lowest BCUT2D eigenvalue weighted by Gasteiger charge is -2.23. The first-order chi connectivity index (χ1) is 12.4. The van der Waals surface area contributed by atoms with Crippen molar-refractivity contribution in [1.82, 2.24) is 5.32 Å². The summed E-state index contributed by atoms with van der Waals surface area (Å²) in [7, 11) is 1.38. The Hall–Kier alpha value is -2.40. The van der Waals surface area contributed by atoms with Crippen molar-refractivity contribution in [1.29, 1.82) is 0 Å². The van der Waals surface area contributed by atoms with Gasteiger partial charge in [0.1, 0.15) is 0 Å². The van der Waals surface area contributed by atoms with Gasteiger partial charge in [-0.2, -0.15) is 0 Å². The number of nitrogens with one attached hydrogen (secondary N) is 2. The lowest BCUT2D eigenvalue weighted by Crippen LogP contribution is -2.33. The number of thiocarbonyl (C=S) groups is 1. The van der Waals surface area contributed by atoms with E-state index in [2.05, 4.69) is 36.6 Å². The highest BCUT2D eigenvalue weighted by molar-refractivity contribution is 7.80. The minimum Gasteiger partial charge on any atom is -0.465 e. The van der Waals surface area contributed by atoms with E-state index in [-0.39, 0.29) is 12.0 Å². The molecular formula is C21H26N2O2S. The van der Waals surface area contributed by atoms with Crippen LogP contribution in [-0.4, -0.2) is 18.2 Å². The number of hydrogen-bond acceptors (Lipinski definition) is 3. The zero-order chi connectivity index (χ0) is 19.1. The van der Waals surface area contributed by atoms with Crippen molar-refractivity contribution in [3.8, 4) is 0 Å². The molecule has 0 saturated heterocycles. The highest BCUT2D eigenvalue weighted by Crippen LogP contribution is 2.23. The van der Waals surface area contributed by atoms with Gasteiger partial charge in [-0.1, -0.05) is 50.2 Å². The molecule has 2 N–H and O–H groups in total. The molecule has 0 heterocycles. The largest absolute Gasteiger partial charge is 0.465 e. The van der Waals surface area contributed by atoms with Crippen LogP contribution in [0, 0.1) is 12.8 Å². The average Bonchev–Trinajstić information content (AvgIpc) is 2.62. The smallest absolute Gasteiger partial charge is 0.338 e. The second kappa shape index (κ2) is 9.34. The van der Waals surface area contributed by atoms with E-state index in [0.29, 0.717) is 16.6 Å². The summed E-state index contributed by atoms with van der Waals surface area (Å²) in [6.45, 7) is 6.26. The van der Waals surface area contributed by atoms with Gasteiger partial charge < -0.3 is 15.4 Å². The van der Waals surface area contributed by atoms with Crippen molar-refractivity contribution in [2.45, 2.75) is 33.2 Å². The van der Waals surface area contributed by atoms with Gasteiger partial charge in [0.15, 0.2) is 5.11 Å².